The Morgan fingerprint density at radius 2 is 2.41 bits per heavy atom. The lowest BCUT2D eigenvalue weighted by molar-refractivity contribution is -0.127. The summed E-state index contributed by atoms with van der Waals surface area (Å²) in [5, 5.41) is 0.492. The van der Waals surface area contributed by atoms with Gasteiger partial charge in [0, 0.05) is 45.0 Å². The fraction of sp³-hybridized carbons (Fsp3) is 0.500. The van der Waals surface area contributed by atoms with Crippen LogP contribution in [-0.2, 0) is 4.79 Å². The Morgan fingerprint density at radius 3 is 3.06 bits per heavy atom. The van der Waals surface area contributed by atoms with Gasteiger partial charge in [0.25, 0.3) is 0 Å². The van der Waals surface area contributed by atoms with Gasteiger partial charge < -0.3 is 9.80 Å². The van der Waals surface area contributed by atoms with E-state index in [1.807, 2.05) is 24.1 Å². The maximum absolute atomic E-state index is 11.5. The standard InChI is InChI=1S/C12H16ClN3O/c1-15(10-4-5-14-11(13)9-10)7-8-16-6-2-3-12(16)17/h4-5,9H,2-3,6-8H2,1H3. The lowest BCUT2D eigenvalue weighted by atomic mass is 10.3. The summed E-state index contributed by atoms with van der Waals surface area (Å²) in [4.78, 5) is 19.4. The van der Waals surface area contributed by atoms with E-state index in [1.165, 1.54) is 0 Å². The molecule has 0 spiro atoms. The molecule has 17 heavy (non-hydrogen) atoms. The molecule has 1 aromatic rings. The van der Waals surface area contributed by atoms with Gasteiger partial charge in [0.15, 0.2) is 0 Å². The SMILES string of the molecule is CN(CCN1CCCC1=O)c1ccnc(Cl)c1. The highest BCUT2D eigenvalue weighted by atomic mass is 35.5. The molecule has 0 radical (unpaired) electrons. The van der Waals surface area contributed by atoms with Gasteiger partial charge in [-0.05, 0) is 18.6 Å². The number of hydrogen-bond acceptors (Lipinski definition) is 3. The molecule has 1 amide bonds. The highest BCUT2D eigenvalue weighted by molar-refractivity contribution is 6.29. The van der Waals surface area contributed by atoms with E-state index in [4.69, 9.17) is 11.6 Å². The molecule has 1 fully saturated rings. The van der Waals surface area contributed by atoms with Crippen LogP contribution in [0.15, 0.2) is 18.3 Å². The van der Waals surface area contributed by atoms with Gasteiger partial charge in [-0.15, -0.1) is 0 Å². The molecule has 0 N–H and O–H groups in total. The first-order chi connectivity index (χ1) is 8.16. The first-order valence-corrected chi connectivity index (χ1v) is 6.15. The van der Waals surface area contributed by atoms with Crippen molar-refractivity contribution in [3.8, 4) is 0 Å². The maximum atomic E-state index is 11.5. The van der Waals surface area contributed by atoms with E-state index in [0.29, 0.717) is 11.6 Å². The molecule has 0 atom stereocenters. The van der Waals surface area contributed by atoms with Gasteiger partial charge in [-0.2, -0.15) is 0 Å². The van der Waals surface area contributed by atoms with Crippen molar-refractivity contribution in [1.29, 1.82) is 0 Å². The predicted molar refractivity (Wildman–Crippen MR) is 68.3 cm³/mol. The molecule has 1 aliphatic heterocycles. The summed E-state index contributed by atoms with van der Waals surface area (Å²) in [6.07, 6.45) is 3.38. The molecule has 1 aliphatic rings. The molecule has 5 heteroatoms. The van der Waals surface area contributed by atoms with Crippen LogP contribution in [0.4, 0.5) is 5.69 Å². The Kier molecular flexibility index (Phi) is 3.84. The fourth-order valence-electron chi connectivity index (χ4n) is 1.97. The number of hydrogen-bond donors (Lipinski definition) is 0. The van der Waals surface area contributed by atoms with Gasteiger partial charge in [-0.3, -0.25) is 4.79 Å². The van der Waals surface area contributed by atoms with Crippen molar-refractivity contribution in [2.24, 2.45) is 0 Å². The van der Waals surface area contributed by atoms with Crippen molar-refractivity contribution < 1.29 is 4.79 Å². The normalized spacial score (nSPS) is 15.4. The summed E-state index contributed by atoms with van der Waals surface area (Å²) in [5.41, 5.74) is 1.02. The highest BCUT2D eigenvalue weighted by Crippen LogP contribution is 2.16. The van der Waals surface area contributed by atoms with E-state index in [2.05, 4.69) is 9.88 Å². The van der Waals surface area contributed by atoms with E-state index in [-0.39, 0.29) is 5.91 Å². The van der Waals surface area contributed by atoms with Gasteiger partial charge >= 0.3 is 0 Å². The molecule has 2 rings (SSSR count). The molecule has 0 unspecified atom stereocenters. The van der Waals surface area contributed by atoms with Crippen LogP contribution in [0.2, 0.25) is 5.15 Å². The molecule has 1 aromatic heterocycles. The molecular weight excluding hydrogens is 238 g/mol. The summed E-state index contributed by atoms with van der Waals surface area (Å²) in [7, 11) is 1.99. The second-order valence-corrected chi connectivity index (χ2v) is 4.63. The maximum Gasteiger partial charge on any atom is 0.222 e. The number of amides is 1. The first-order valence-electron chi connectivity index (χ1n) is 5.77. The smallest absolute Gasteiger partial charge is 0.222 e. The Morgan fingerprint density at radius 1 is 1.59 bits per heavy atom. The average Bonchev–Trinajstić information content (AvgIpc) is 2.72. The lowest BCUT2D eigenvalue weighted by Crippen LogP contribution is -2.33. The molecule has 1 saturated heterocycles. The molecule has 2 heterocycles. The second kappa shape index (κ2) is 5.36. The van der Waals surface area contributed by atoms with Gasteiger partial charge in [0.2, 0.25) is 5.91 Å². The number of aromatic nitrogens is 1. The third-order valence-corrected chi connectivity index (χ3v) is 3.23. The molecule has 92 valence electrons. The Labute approximate surface area is 106 Å². The van der Waals surface area contributed by atoms with Gasteiger partial charge in [-0.1, -0.05) is 11.6 Å². The first kappa shape index (κ1) is 12.2. The van der Waals surface area contributed by atoms with Crippen LogP contribution < -0.4 is 4.90 Å². The van der Waals surface area contributed by atoms with Crippen molar-refractivity contribution in [1.82, 2.24) is 9.88 Å². The summed E-state index contributed by atoms with van der Waals surface area (Å²) in [5.74, 6) is 0.270. The summed E-state index contributed by atoms with van der Waals surface area (Å²) in [6, 6.07) is 3.74. The molecule has 4 nitrogen and oxygen atoms in total. The number of likely N-dealkylation sites (tertiary alicyclic amines) is 1. The quantitative estimate of drug-likeness (QED) is 0.768. The number of pyridine rings is 1. The number of nitrogens with zero attached hydrogens (tertiary/aromatic N) is 3. The van der Waals surface area contributed by atoms with Crippen molar-refractivity contribution in [2.45, 2.75) is 12.8 Å². The van der Waals surface area contributed by atoms with Crippen LogP contribution in [0.1, 0.15) is 12.8 Å². The zero-order chi connectivity index (χ0) is 12.3. The number of carbonyl (C=O) groups excluding carboxylic acids is 1. The largest absolute Gasteiger partial charge is 0.373 e. The lowest BCUT2D eigenvalue weighted by Gasteiger charge is -2.23. The summed E-state index contributed by atoms with van der Waals surface area (Å²) >= 11 is 5.84. The third kappa shape index (κ3) is 3.09. The Balaban J connectivity index is 1.88. The minimum absolute atomic E-state index is 0.270. The van der Waals surface area contributed by atoms with Crippen molar-refractivity contribution in [3.63, 3.8) is 0 Å². The number of anilines is 1. The van der Waals surface area contributed by atoms with Crippen molar-refractivity contribution >= 4 is 23.2 Å². The monoisotopic (exact) mass is 253 g/mol. The average molecular weight is 254 g/mol. The number of carbonyl (C=O) groups is 1. The zero-order valence-electron chi connectivity index (χ0n) is 9.90. The second-order valence-electron chi connectivity index (χ2n) is 4.24. The minimum atomic E-state index is 0.270. The number of halogens is 1. The molecule has 0 aromatic carbocycles. The molecular formula is C12H16ClN3O. The van der Waals surface area contributed by atoms with Gasteiger partial charge in [-0.25, -0.2) is 4.98 Å². The predicted octanol–water partition coefficient (Wildman–Crippen LogP) is 1.79. The minimum Gasteiger partial charge on any atom is -0.373 e. The third-order valence-electron chi connectivity index (χ3n) is 3.03. The van der Waals surface area contributed by atoms with E-state index < -0.39 is 0 Å². The zero-order valence-corrected chi connectivity index (χ0v) is 10.7. The van der Waals surface area contributed by atoms with E-state index in [1.54, 1.807) is 6.20 Å². The Bertz CT molecular complexity index is 410. The fourth-order valence-corrected chi connectivity index (χ4v) is 2.14. The van der Waals surface area contributed by atoms with E-state index in [9.17, 15) is 4.79 Å². The van der Waals surface area contributed by atoms with Crippen LogP contribution in [0.25, 0.3) is 0 Å². The number of rotatable bonds is 4. The van der Waals surface area contributed by atoms with Crippen molar-refractivity contribution in [2.75, 3.05) is 31.6 Å². The highest BCUT2D eigenvalue weighted by Gasteiger charge is 2.19. The summed E-state index contributed by atoms with van der Waals surface area (Å²) in [6.45, 7) is 2.48. The van der Waals surface area contributed by atoms with Crippen LogP contribution in [-0.4, -0.2) is 42.5 Å². The van der Waals surface area contributed by atoms with Crippen LogP contribution in [0.5, 0.6) is 0 Å². The summed E-state index contributed by atoms with van der Waals surface area (Å²) < 4.78 is 0. The number of likely N-dealkylation sites (N-methyl/N-ethyl adjacent to an activating group) is 1. The molecule has 0 aliphatic carbocycles. The molecule has 0 saturated carbocycles. The van der Waals surface area contributed by atoms with Crippen LogP contribution in [0.3, 0.4) is 0 Å². The van der Waals surface area contributed by atoms with E-state index in [0.717, 1.165) is 31.7 Å². The Hall–Kier alpha value is -1.29. The topological polar surface area (TPSA) is 36.4 Å². The van der Waals surface area contributed by atoms with Gasteiger partial charge in [0.1, 0.15) is 5.15 Å². The van der Waals surface area contributed by atoms with Crippen LogP contribution >= 0.6 is 11.6 Å². The van der Waals surface area contributed by atoms with E-state index >= 15 is 0 Å². The van der Waals surface area contributed by atoms with Crippen LogP contribution in [0, 0.1) is 0 Å². The molecule has 0 bridgehead atoms. The van der Waals surface area contributed by atoms with Crippen molar-refractivity contribution in [3.05, 3.63) is 23.5 Å². The van der Waals surface area contributed by atoms with Gasteiger partial charge in [0.05, 0.1) is 0 Å².